The second-order valence-electron chi connectivity index (χ2n) is 5.14. The summed E-state index contributed by atoms with van der Waals surface area (Å²) >= 11 is 0. The summed E-state index contributed by atoms with van der Waals surface area (Å²) < 4.78 is 10.9. The van der Waals surface area contributed by atoms with E-state index >= 15 is 0 Å². The molecule has 1 heterocycles. The van der Waals surface area contributed by atoms with Gasteiger partial charge in [-0.3, -0.25) is 10.1 Å². The molecule has 1 N–H and O–H groups in total. The van der Waals surface area contributed by atoms with Crippen molar-refractivity contribution in [2.75, 3.05) is 11.9 Å². The number of hydrogen-bond donors (Lipinski definition) is 1. The van der Waals surface area contributed by atoms with E-state index < -0.39 is 0 Å². The lowest BCUT2D eigenvalue weighted by Gasteiger charge is -2.03. The van der Waals surface area contributed by atoms with Crippen molar-refractivity contribution < 1.29 is 13.9 Å². The highest BCUT2D eigenvalue weighted by atomic mass is 16.5. The van der Waals surface area contributed by atoms with Crippen LogP contribution in [0.25, 0.3) is 11.5 Å². The van der Waals surface area contributed by atoms with E-state index in [2.05, 4.69) is 15.5 Å². The van der Waals surface area contributed by atoms with Crippen molar-refractivity contribution in [2.45, 2.75) is 13.8 Å². The molecule has 6 heteroatoms. The van der Waals surface area contributed by atoms with Crippen molar-refractivity contribution in [3.8, 4) is 17.2 Å². The summed E-state index contributed by atoms with van der Waals surface area (Å²) in [4.78, 5) is 12.2. The second kappa shape index (κ2) is 6.95. The molecule has 0 saturated carbocycles. The molecule has 0 aliphatic carbocycles. The molecule has 1 amide bonds. The van der Waals surface area contributed by atoms with Crippen molar-refractivity contribution in [1.29, 1.82) is 0 Å². The molecule has 0 atom stereocenters. The number of nitrogens with zero attached hydrogens (tertiary/aromatic N) is 2. The third kappa shape index (κ3) is 3.43. The van der Waals surface area contributed by atoms with Crippen LogP contribution in [0.5, 0.6) is 5.75 Å². The average molecular weight is 323 g/mol. The van der Waals surface area contributed by atoms with E-state index in [1.54, 1.807) is 12.1 Å². The number of rotatable bonds is 5. The fourth-order valence-electron chi connectivity index (χ4n) is 2.24. The number of carbonyl (C=O) groups excluding carboxylic acids is 1. The van der Waals surface area contributed by atoms with E-state index in [1.165, 1.54) is 0 Å². The lowest BCUT2D eigenvalue weighted by molar-refractivity contribution is 0.102. The first kappa shape index (κ1) is 15.7. The van der Waals surface area contributed by atoms with Crippen LogP contribution in [0, 0.1) is 6.92 Å². The molecule has 2 aromatic carbocycles. The Hall–Kier alpha value is -3.15. The van der Waals surface area contributed by atoms with Gasteiger partial charge in [0.25, 0.3) is 5.91 Å². The van der Waals surface area contributed by atoms with Crippen LogP contribution in [0.15, 0.2) is 52.9 Å². The van der Waals surface area contributed by atoms with Crippen molar-refractivity contribution in [3.63, 3.8) is 0 Å². The van der Waals surface area contributed by atoms with Gasteiger partial charge in [0.05, 0.1) is 6.61 Å². The molecule has 0 aliphatic heterocycles. The number of aryl methyl sites for hydroxylation is 1. The summed E-state index contributed by atoms with van der Waals surface area (Å²) in [5.74, 6) is 0.821. The number of anilines is 1. The molecule has 24 heavy (non-hydrogen) atoms. The Bertz CT molecular complexity index is 841. The summed E-state index contributed by atoms with van der Waals surface area (Å²) in [6.07, 6.45) is 0. The molecule has 0 bridgehead atoms. The second-order valence-corrected chi connectivity index (χ2v) is 5.14. The predicted molar refractivity (Wildman–Crippen MR) is 90.0 cm³/mol. The number of aromatic nitrogens is 2. The van der Waals surface area contributed by atoms with Crippen LogP contribution in [-0.4, -0.2) is 22.7 Å². The van der Waals surface area contributed by atoms with Gasteiger partial charge in [0.2, 0.25) is 5.89 Å². The minimum absolute atomic E-state index is 0.0622. The van der Waals surface area contributed by atoms with Crippen LogP contribution in [0.2, 0.25) is 0 Å². The zero-order valence-electron chi connectivity index (χ0n) is 13.4. The first-order chi connectivity index (χ1) is 11.7. The van der Waals surface area contributed by atoms with Gasteiger partial charge in [0.1, 0.15) is 5.75 Å². The molecule has 3 aromatic rings. The molecule has 0 fully saturated rings. The van der Waals surface area contributed by atoms with Crippen LogP contribution in [0.3, 0.4) is 0 Å². The van der Waals surface area contributed by atoms with Crippen LogP contribution >= 0.6 is 0 Å². The average Bonchev–Trinajstić information content (AvgIpc) is 3.04. The van der Waals surface area contributed by atoms with Crippen molar-refractivity contribution in [3.05, 3.63) is 59.7 Å². The molecule has 1 aromatic heterocycles. The van der Waals surface area contributed by atoms with Gasteiger partial charge in [-0.25, -0.2) is 0 Å². The number of carbonyl (C=O) groups is 1. The lowest BCUT2D eigenvalue weighted by atomic mass is 10.1. The molecular weight excluding hydrogens is 306 g/mol. The van der Waals surface area contributed by atoms with Gasteiger partial charge in [-0.05, 0) is 49.7 Å². The molecule has 0 aliphatic rings. The lowest BCUT2D eigenvalue weighted by Crippen LogP contribution is -2.13. The summed E-state index contributed by atoms with van der Waals surface area (Å²) in [6.45, 7) is 4.40. The quantitative estimate of drug-likeness (QED) is 0.774. The summed E-state index contributed by atoms with van der Waals surface area (Å²) in [6, 6.07) is 14.7. The maximum Gasteiger partial charge on any atom is 0.322 e. The Labute approximate surface area is 139 Å². The summed E-state index contributed by atoms with van der Waals surface area (Å²) in [5.41, 5.74) is 2.20. The maximum atomic E-state index is 12.2. The molecule has 3 rings (SSSR count). The zero-order valence-corrected chi connectivity index (χ0v) is 13.4. The van der Waals surface area contributed by atoms with Crippen LogP contribution in [-0.2, 0) is 0 Å². The van der Waals surface area contributed by atoms with Crippen LogP contribution < -0.4 is 10.1 Å². The van der Waals surface area contributed by atoms with Gasteiger partial charge in [-0.2, -0.15) is 0 Å². The van der Waals surface area contributed by atoms with Crippen LogP contribution in [0.1, 0.15) is 22.8 Å². The number of nitrogens with one attached hydrogen (secondary N) is 1. The molecule has 122 valence electrons. The van der Waals surface area contributed by atoms with Crippen LogP contribution in [0.4, 0.5) is 6.01 Å². The largest absolute Gasteiger partial charge is 0.494 e. The first-order valence-electron chi connectivity index (χ1n) is 7.61. The number of benzene rings is 2. The fourth-order valence-corrected chi connectivity index (χ4v) is 2.24. The third-order valence-electron chi connectivity index (χ3n) is 3.45. The Morgan fingerprint density at radius 1 is 1.12 bits per heavy atom. The number of ether oxygens (including phenoxy) is 1. The SMILES string of the molecule is CCOc1ccc(-c2nnc(NC(=O)c3ccccc3C)o2)cc1. The molecule has 0 unspecified atom stereocenters. The van der Waals surface area contributed by atoms with Crippen molar-refractivity contribution >= 4 is 11.9 Å². The molecule has 0 spiro atoms. The minimum atomic E-state index is -0.282. The fraction of sp³-hybridized carbons (Fsp3) is 0.167. The molecule has 0 radical (unpaired) electrons. The van der Waals surface area contributed by atoms with Crippen molar-refractivity contribution in [2.24, 2.45) is 0 Å². The molecular formula is C18H17N3O3. The highest BCUT2D eigenvalue weighted by molar-refractivity contribution is 6.04. The highest BCUT2D eigenvalue weighted by Crippen LogP contribution is 2.23. The van der Waals surface area contributed by atoms with E-state index in [0.29, 0.717) is 18.1 Å². The van der Waals surface area contributed by atoms with E-state index in [4.69, 9.17) is 9.15 Å². The first-order valence-corrected chi connectivity index (χ1v) is 7.61. The van der Waals surface area contributed by atoms with Gasteiger partial charge in [-0.15, -0.1) is 5.10 Å². The maximum absolute atomic E-state index is 12.2. The predicted octanol–water partition coefficient (Wildman–Crippen LogP) is 3.70. The smallest absolute Gasteiger partial charge is 0.322 e. The normalized spacial score (nSPS) is 10.4. The van der Waals surface area contributed by atoms with E-state index in [1.807, 2.05) is 50.2 Å². The minimum Gasteiger partial charge on any atom is -0.494 e. The zero-order chi connectivity index (χ0) is 16.9. The Balaban J connectivity index is 1.73. The van der Waals surface area contributed by atoms with E-state index in [-0.39, 0.29) is 11.9 Å². The summed E-state index contributed by atoms with van der Waals surface area (Å²) in [7, 11) is 0. The summed E-state index contributed by atoms with van der Waals surface area (Å²) in [5, 5.41) is 10.4. The topological polar surface area (TPSA) is 77.3 Å². The molecule has 6 nitrogen and oxygen atoms in total. The molecule has 0 saturated heterocycles. The van der Waals surface area contributed by atoms with Gasteiger partial charge in [0, 0.05) is 11.1 Å². The van der Waals surface area contributed by atoms with Gasteiger partial charge >= 0.3 is 6.01 Å². The van der Waals surface area contributed by atoms with Gasteiger partial charge in [-0.1, -0.05) is 23.3 Å². The monoisotopic (exact) mass is 323 g/mol. The van der Waals surface area contributed by atoms with E-state index in [0.717, 1.165) is 16.9 Å². The number of hydrogen-bond acceptors (Lipinski definition) is 5. The Kier molecular flexibility index (Phi) is 4.56. The third-order valence-corrected chi connectivity index (χ3v) is 3.45. The Morgan fingerprint density at radius 2 is 1.88 bits per heavy atom. The van der Waals surface area contributed by atoms with E-state index in [9.17, 15) is 4.79 Å². The highest BCUT2D eigenvalue weighted by Gasteiger charge is 2.14. The Morgan fingerprint density at radius 3 is 2.58 bits per heavy atom. The standard InChI is InChI=1S/C18H17N3O3/c1-3-23-14-10-8-13(9-11-14)17-20-21-18(24-17)19-16(22)15-7-5-4-6-12(15)2/h4-11H,3H2,1-2H3,(H,19,21,22). The van der Waals surface area contributed by atoms with Gasteiger partial charge < -0.3 is 9.15 Å². The number of amides is 1. The van der Waals surface area contributed by atoms with Crippen molar-refractivity contribution in [1.82, 2.24) is 10.2 Å². The van der Waals surface area contributed by atoms with Gasteiger partial charge in [0.15, 0.2) is 0 Å².